The molecular formula is C17H14BrClN2. The monoisotopic (exact) mass is 360 g/mol. The molecule has 0 aromatic heterocycles. The van der Waals surface area contributed by atoms with E-state index < -0.39 is 0 Å². The second kappa shape index (κ2) is 6.16. The Balaban J connectivity index is 2.18. The van der Waals surface area contributed by atoms with E-state index in [9.17, 15) is 0 Å². The minimum Gasteiger partial charge on any atom is -0.271 e. The molecule has 1 unspecified atom stereocenters. The van der Waals surface area contributed by atoms with Crippen molar-refractivity contribution in [3.8, 4) is 0 Å². The van der Waals surface area contributed by atoms with Gasteiger partial charge in [0.25, 0.3) is 0 Å². The molecule has 0 spiro atoms. The van der Waals surface area contributed by atoms with Gasteiger partial charge in [0.1, 0.15) is 0 Å². The molecule has 0 aliphatic heterocycles. The number of hydrogen-bond acceptors (Lipinski definition) is 2. The third kappa shape index (κ3) is 2.83. The lowest BCUT2D eigenvalue weighted by Crippen LogP contribution is -2.29. The number of nitrogens with one attached hydrogen (secondary N) is 1. The van der Waals surface area contributed by atoms with E-state index in [4.69, 9.17) is 17.4 Å². The van der Waals surface area contributed by atoms with Gasteiger partial charge in [-0.25, -0.2) is 5.43 Å². The summed E-state index contributed by atoms with van der Waals surface area (Å²) in [4.78, 5) is 0. The molecule has 3 rings (SSSR count). The highest BCUT2D eigenvalue weighted by molar-refractivity contribution is 9.10. The molecule has 0 saturated heterocycles. The third-order valence-corrected chi connectivity index (χ3v) is 4.40. The molecule has 21 heavy (non-hydrogen) atoms. The van der Waals surface area contributed by atoms with Gasteiger partial charge in [0, 0.05) is 9.50 Å². The van der Waals surface area contributed by atoms with E-state index in [-0.39, 0.29) is 6.04 Å². The zero-order valence-electron chi connectivity index (χ0n) is 11.2. The van der Waals surface area contributed by atoms with Crippen LogP contribution in [0.4, 0.5) is 0 Å². The Morgan fingerprint density at radius 3 is 2.48 bits per heavy atom. The van der Waals surface area contributed by atoms with Gasteiger partial charge in [-0.1, -0.05) is 76.1 Å². The first kappa shape index (κ1) is 14.5. The molecule has 0 saturated carbocycles. The zero-order chi connectivity index (χ0) is 14.8. The average Bonchev–Trinajstić information content (AvgIpc) is 2.50. The zero-order valence-corrected chi connectivity index (χ0v) is 13.5. The summed E-state index contributed by atoms with van der Waals surface area (Å²) in [5, 5.41) is 3.03. The van der Waals surface area contributed by atoms with Crippen LogP contribution < -0.4 is 11.3 Å². The fourth-order valence-electron chi connectivity index (χ4n) is 2.58. The van der Waals surface area contributed by atoms with Crippen molar-refractivity contribution in [1.29, 1.82) is 0 Å². The van der Waals surface area contributed by atoms with Crippen molar-refractivity contribution in [3.05, 3.63) is 81.3 Å². The Hall–Kier alpha value is -1.39. The van der Waals surface area contributed by atoms with Gasteiger partial charge in [-0.2, -0.15) is 0 Å². The number of hydrogen-bond donors (Lipinski definition) is 2. The normalized spacial score (nSPS) is 12.5. The van der Waals surface area contributed by atoms with Crippen LogP contribution in [0.3, 0.4) is 0 Å². The van der Waals surface area contributed by atoms with Gasteiger partial charge in [-0.3, -0.25) is 5.84 Å². The van der Waals surface area contributed by atoms with Crippen molar-refractivity contribution in [2.24, 2.45) is 5.84 Å². The number of benzene rings is 3. The van der Waals surface area contributed by atoms with E-state index in [0.717, 1.165) is 15.6 Å². The smallest absolute Gasteiger partial charge is 0.0730 e. The number of fused-ring (bicyclic) bond motifs is 1. The Morgan fingerprint density at radius 1 is 0.952 bits per heavy atom. The molecule has 3 N–H and O–H groups in total. The van der Waals surface area contributed by atoms with Crippen molar-refractivity contribution in [1.82, 2.24) is 5.43 Å². The standard InChI is InChI=1S/C17H14BrClN2/c18-12-8-9-15(16(19)10-12)17(21-20)14-7-3-5-11-4-1-2-6-13(11)14/h1-10,17,21H,20H2. The summed E-state index contributed by atoms with van der Waals surface area (Å²) < 4.78 is 0.949. The van der Waals surface area contributed by atoms with Crippen molar-refractivity contribution in [3.63, 3.8) is 0 Å². The van der Waals surface area contributed by atoms with Crippen molar-refractivity contribution >= 4 is 38.3 Å². The minimum absolute atomic E-state index is 0.156. The molecule has 4 heteroatoms. The number of halogens is 2. The SMILES string of the molecule is NNC(c1ccc(Br)cc1Cl)c1cccc2ccccc12. The number of hydrazine groups is 1. The van der Waals surface area contributed by atoms with E-state index >= 15 is 0 Å². The maximum Gasteiger partial charge on any atom is 0.0730 e. The molecule has 2 nitrogen and oxygen atoms in total. The van der Waals surface area contributed by atoms with Crippen LogP contribution in [-0.4, -0.2) is 0 Å². The van der Waals surface area contributed by atoms with E-state index in [1.807, 2.05) is 36.4 Å². The van der Waals surface area contributed by atoms with Crippen LogP contribution in [0, 0.1) is 0 Å². The minimum atomic E-state index is -0.156. The lowest BCUT2D eigenvalue weighted by molar-refractivity contribution is 0.641. The van der Waals surface area contributed by atoms with Crippen molar-refractivity contribution in [2.45, 2.75) is 6.04 Å². The summed E-state index contributed by atoms with van der Waals surface area (Å²) in [6, 6.07) is 20.1. The molecule has 0 aliphatic rings. The average molecular weight is 362 g/mol. The van der Waals surface area contributed by atoms with Gasteiger partial charge >= 0.3 is 0 Å². The summed E-state index contributed by atoms with van der Waals surface area (Å²) in [6.45, 7) is 0. The van der Waals surface area contributed by atoms with Crippen molar-refractivity contribution in [2.75, 3.05) is 0 Å². The second-order valence-corrected chi connectivity index (χ2v) is 6.16. The highest BCUT2D eigenvalue weighted by atomic mass is 79.9. The first-order valence-electron chi connectivity index (χ1n) is 6.59. The molecule has 1 atom stereocenters. The summed E-state index contributed by atoms with van der Waals surface area (Å²) in [6.07, 6.45) is 0. The van der Waals surface area contributed by atoms with Crippen LogP contribution in [0.15, 0.2) is 65.1 Å². The van der Waals surface area contributed by atoms with Gasteiger partial charge in [0.15, 0.2) is 0 Å². The van der Waals surface area contributed by atoms with Crippen LogP contribution in [0.25, 0.3) is 10.8 Å². The van der Waals surface area contributed by atoms with Crippen LogP contribution in [-0.2, 0) is 0 Å². The Labute approximate surface area is 137 Å². The quantitative estimate of drug-likeness (QED) is 0.519. The highest BCUT2D eigenvalue weighted by Crippen LogP contribution is 2.33. The maximum absolute atomic E-state index is 6.38. The molecule has 3 aromatic carbocycles. The maximum atomic E-state index is 6.38. The van der Waals surface area contributed by atoms with Crippen LogP contribution >= 0.6 is 27.5 Å². The number of rotatable bonds is 3. The van der Waals surface area contributed by atoms with E-state index in [1.54, 1.807) is 0 Å². The lowest BCUT2D eigenvalue weighted by atomic mass is 9.94. The molecule has 3 aromatic rings. The van der Waals surface area contributed by atoms with E-state index in [2.05, 4.69) is 45.6 Å². The van der Waals surface area contributed by atoms with E-state index in [0.29, 0.717) is 5.02 Å². The molecule has 0 heterocycles. The van der Waals surface area contributed by atoms with E-state index in [1.165, 1.54) is 10.8 Å². The molecule has 106 valence electrons. The van der Waals surface area contributed by atoms with Crippen LogP contribution in [0.5, 0.6) is 0 Å². The van der Waals surface area contributed by atoms with Crippen molar-refractivity contribution < 1.29 is 0 Å². The lowest BCUT2D eigenvalue weighted by Gasteiger charge is -2.20. The van der Waals surface area contributed by atoms with Crippen LogP contribution in [0.1, 0.15) is 17.2 Å². The summed E-state index contributed by atoms with van der Waals surface area (Å²) in [5.41, 5.74) is 4.96. The van der Waals surface area contributed by atoms with Gasteiger partial charge in [-0.05, 0) is 34.0 Å². The van der Waals surface area contributed by atoms with Gasteiger partial charge in [0.2, 0.25) is 0 Å². The molecule has 0 fully saturated rings. The molecular weight excluding hydrogens is 348 g/mol. The summed E-state index contributed by atoms with van der Waals surface area (Å²) in [7, 11) is 0. The van der Waals surface area contributed by atoms with Gasteiger partial charge in [0.05, 0.1) is 6.04 Å². The largest absolute Gasteiger partial charge is 0.271 e. The fourth-order valence-corrected chi connectivity index (χ4v) is 3.37. The van der Waals surface area contributed by atoms with Crippen LogP contribution in [0.2, 0.25) is 5.02 Å². The predicted octanol–water partition coefficient (Wildman–Crippen LogP) is 4.81. The van der Waals surface area contributed by atoms with Gasteiger partial charge < -0.3 is 0 Å². The predicted molar refractivity (Wildman–Crippen MR) is 92.3 cm³/mol. The Kier molecular flexibility index (Phi) is 4.27. The number of nitrogens with two attached hydrogens (primary N) is 1. The molecule has 0 amide bonds. The third-order valence-electron chi connectivity index (χ3n) is 3.57. The Bertz CT molecular complexity index is 783. The first-order chi connectivity index (χ1) is 10.2. The second-order valence-electron chi connectivity index (χ2n) is 4.83. The topological polar surface area (TPSA) is 38.0 Å². The molecule has 0 aliphatic carbocycles. The molecule has 0 radical (unpaired) electrons. The molecule has 0 bridgehead atoms. The highest BCUT2D eigenvalue weighted by Gasteiger charge is 2.17. The first-order valence-corrected chi connectivity index (χ1v) is 7.76. The summed E-state index contributed by atoms with van der Waals surface area (Å²) in [5.74, 6) is 5.81. The Morgan fingerprint density at radius 2 is 1.71 bits per heavy atom. The van der Waals surface area contributed by atoms with Gasteiger partial charge in [-0.15, -0.1) is 0 Å². The fraction of sp³-hybridized carbons (Fsp3) is 0.0588. The summed E-state index contributed by atoms with van der Waals surface area (Å²) >= 11 is 9.81.